The number of pyridine rings is 1. The van der Waals surface area contributed by atoms with Crippen LogP contribution in [0.3, 0.4) is 0 Å². The van der Waals surface area contributed by atoms with Crippen LogP contribution in [-0.2, 0) is 0 Å². The molecule has 0 radical (unpaired) electrons. The lowest BCUT2D eigenvalue weighted by atomic mass is 10.0. The molecule has 1 N–H and O–H groups in total. The van der Waals surface area contributed by atoms with Gasteiger partial charge in [-0.25, -0.2) is 0 Å². The number of aryl methyl sites for hydroxylation is 1. The van der Waals surface area contributed by atoms with E-state index in [1.165, 1.54) is 42.4 Å². The normalized spacial score (nSPS) is 22.0. The van der Waals surface area contributed by atoms with Crippen LogP contribution >= 0.6 is 12.4 Å². The molecule has 1 unspecified atom stereocenters. The van der Waals surface area contributed by atoms with Crippen LogP contribution in [0.25, 0.3) is 10.8 Å². The van der Waals surface area contributed by atoms with Crippen molar-refractivity contribution in [1.82, 2.24) is 15.2 Å². The summed E-state index contributed by atoms with van der Waals surface area (Å²) in [4.78, 5) is 6.82. The number of ether oxygens (including phenoxy) is 1. The van der Waals surface area contributed by atoms with Crippen LogP contribution in [0.15, 0.2) is 30.6 Å². The van der Waals surface area contributed by atoms with Crippen molar-refractivity contribution in [2.24, 2.45) is 5.92 Å². The topological polar surface area (TPSA) is 37.4 Å². The quantitative estimate of drug-likeness (QED) is 0.905. The van der Waals surface area contributed by atoms with Gasteiger partial charge in [0.1, 0.15) is 11.9 Å². The first kappa shape index (κ1) is 18.4. The standard InChI is InChI=1S/C20H27N3O.ClH/c1-15-10-18-13-22-7-3-17(18)11-20(15)24-19-4-8-23(9-5-19)14-16-2-6-21-12-16;/h3,7,10-11,13,16,19,21H,2,4-6,8-9,12,14H2,1H3;1H. The molecule has 5 heteroatoms. The molecule has 4 nitrogen and oxygen atoms in total. The van der Waals surface area contributed by atoms with E-state index in [1.807, 2.05) is 12.4 Å². The van der Waals surface area contributed by atoms with Gasteiger partial charge >= 0.3 is 0 Å². The summed E-state index contributed by atoms with van der Waals surface area (Å²) in [6.45, 7) is 8.10. The third-order valence-corrected chi connectivity index (χ3v) is 5.44. The monoisotopic (exact) mass is 361 g/mol. The second kappa shape index (κ2) is 8.35. The van der Waals surface area contributed by atoms with Gasteiger partial charge in [-0.3, -0.25) is 4.98 Å². The maximum absolute atomic E-state index is 6.35. The van der Waals surface area contributed by atoms with Crippen molar-refractivity contribution in [1.29, 1.82) is 0 Å². The first-order valence-corrected chi connectivity index (χ1v) is 9.22. The number of benzene rings is 1. The highest BCUT2D eigenvalue weighted by Crippen LogP contribution is 2.28. The van der Waals surface area contributed by atoms with E-state index >= 15 is 0 Å². The van der Waals surface area contributed by atoms with Gasteiger partial charge in [0.05, 0.1) is 0 Å². The number of rotatable bonds is 4. The lowest BCUT2D eigenvalue weighted by molar-refractivity contribution is 0.0924. The number of fused-ring (bicyclic) bond motifs is 1. The van der Waals surface area contributed by atoms with Gasteiger partial charge in [0.25, 0.3) is 0 Å². The van der Waals surface area contributed by atoms with E-state index in [-0.39, 0.29) is 12.4 Å². The summed E-state index contributed by atoms with van der Waals surface area (Å²) in [5.41, 5.74) is 1.20. The molecule has 2 aliphatic heterocycles. The summed E-state index contributed by atoms with van der Waals surface area (Å²) >= 11 is 0. The molecule has 1 atom stereocenters. The van der Waals surface area contributed by atoms with E-state index in [0.29, 0.717) is 6.10 Å². The van der Waals surface area contributed by atoms with Crippen molar-refractivity contribution in [2.75, 3.05) is 32.7 Å². The highest BCUT2D eigenvalue weighted by atomic mass is 35.5. The predicted octanol–water partition coefficient (Wildman–Crippen LogP) is 3.42. The summed E-state index contributed by atoms with van der Waals surface area (Å²) in [7, 11) is 0. The molecule has 3 heterocycles. The number of hydrogen-bond acceptors (Lipinski definition) is 4. The van der Waals surface area contributed by atoms with Crippen molar-refractivity contribution >= 4 is 23.2 Å². The summed E-state index contributed by atoms with van der Waals surface area (Å²) < 4.78 is 6.35. The van der Waals surface area contributed by atoms with Crippen LogP contribution < -0.4 is 10.1 Å². The van der Waals surface area contributed by atoms with Gasteiger partial charge in [-0.2, -0.15) is 0 Å². The molecule has 2 saturated heterocycles. The zero-order chi connectivity index (χ0) is 16.4. The maximum atomic E-state index is 6.35. The number of aromatic nitrogens is 1. The van der Waals surface area contributed by atoms with Gasteiger partial charge in [0, 0.05) is 37.4 Å². The molecule has 4 rings (SSSR count). The molecule has 0 aliphatic carbocycles. The Morgan fingerprint density at radius 3 is 2.80 bits per heavy atom. The highest BCUT2D eigenvalue weighted by Gasteiger charge is 2.24. The van der Waals surface area contributed by atoms with E-state index in [4.69, 9.17) is 4.74 Å². The minimum absolute atomic E-state index is 0. The van der Waals surface area contributed by atoms with Gasteiger partial charge in [-0.15, -0.1) is 12.4 Å². The fourth-order valence-electron chi connectivity index (χ4n) is 3.98. The molecular weight excluding hydrogens is 334 g/mol. The molecule has 1 aromatic carbocycles. The summed E-state index contributed by atoms with van der Waals surface area (Å²) in [6, 6.07) is 6.41. The largest absolute Gasteiger partial charge is 0.490 e. The Balaban J connectivity index is 0.00000182. The van der Waals surface area contributed by atoms with Crippen molar-refractivity contribution in [2.45, 2.75) is 32.3 Å². The van der Waals surface area contributed by atoms with E-state index < -0.39 is 0 Å². The smallest absolute Gasteiger partial charge is 0.123 e. The van der Waals surface area contributed by atoms with Crippen LogP contribution in [0.2, 0.25) is 0 Å². The minimum atomic E-state index is 0. The lowest BCUT2D eigenvalue weighted by Gasteiger charge is -2.33. The molecule has 0 amide bonds. The average molecular weight is 362 g/mol. The Labute approximate surface area is 156 Å². The zero-order valence-corrected chi connectivity index (χ0v) is 15.7. The lowest BCUT2D eigenvalue weighted by Crippen LogP contribution is -2.41. The molecule has 25 heavy (non-hydrogen) atoms. The van der Waals surface area contributed by atoms with Crippen LogP contribution in [0, 0.1) is 12.8 Å². The molecular formula is C20H28ClN3O. The fraction of sp³-hybridized carbons (Fsp3) is 0.550. The first-order chi connectivity index (χ1) is 11.8. The third-order valence-electron chi connectivity index (χ3n) is 5.44. The number of nitrogens with zero attached hydrogens (tertiary/aromatic N) is 2. The van der Waals surface area contributed by atoms with Crippen molar-refractivity contribution in [3.05, 3.63) is 36.2 Å². The molecule has 1 aromatic heterocycles. The number of halogens is 1. The second-order valence-corrected chi connectivity index (χ2v) is 7.32. The molecule has 2 fully saturated rings. The van der Waals surface area contributed by atoms with Gasteiger partial charge in [-0.05, 0) is 74.3 Å². The van der Waals surface area contributed by atoms with E-state index in [9.17, 15) is 0 Å². The average Bonchev–Trinajstić information content (AvgIpc) is 3.10. The van der Waals surface area contributed by atoms with Gasteiger partial charge in [0.15, 0.2) is 0 Å². The summed E-state index contributed by atoms with van der Waals surface area (Å²) in [5, 5.41) is 5.86. The van der Waals surface area contributed by atoms with Crippen molar-refractivity contribution in [3.63, 3.8) is 0 Å². The van der Waals surface area contributed by atoms with Crippen molar-refractivity contribution < 1.29 is 4.74 Å². The van der Waals surface area contributed by atoms with E-state index in [1.54, 1.807) is 0 Å². The minimum Gasteiger partial charge on any atom is -0.490 e. The first-order valence-electron chi connectivity index (χ1n) is 9.22. The summed E-state index contributed by atoms with van der Waals surface area (Å²) in [5.74, 6) is 1.88. The Bertz CT molecular complexity index is 694. The molecule has 0 bridgehead atoms. The molecule has 0 spiro atoms. The number of nitrogens with one attached hydrogen (secondary N) is 1. The summed E-state index contributed by atoms with van der Waals surface area (Å²) in [6.07, 6.45) is 7.71. The molecule has 2 aliphatic rings. The predicted molar refractivity (Wildman–Crippen MR) is 105 cm³/mol. The van der Waals surface area contributed by atoms with E-state index in [2.05, 4.69) is 40.3 Å². The van der Waals surface area contributed by atoms with Gasteiger partial charge in [0.2, 0.25) is 0 Å². The van der Waals surface area contributed by atoms with Crippen LogP contribution in [0.1, 0.15) is 24.8 Å². The number of piperidine rings is 1. The number of likely N-dealkylation sites (tertiary alicyclic amines) is 1. The van der Waals surface area contributed by atoms with Crippen molar-refractivity contribution in [3.8, 4) is 5.75 Å². The van der Waals surface area contributed by atoms with Crippen LogP contribution in [-0.4, -0.2) is 48.7 Å². The Kier molecular flexibility index (Phi) is 6.15. The van der Waals surface area contributed by atoms with Gasteiger partial charge in [-0.1, -0.05) is 0 Å². The van der Waals surface area contributed by atoms with Crippen LogP contribution in [0.5, 0.6) is 5.75 Å². The SMILES string of the molecule is Cc1cc2cnccc2cc1OC1CCN(CC2CCNC2)CC1.Cl. The Morgan fingerprint density at radius 1 is 1.20 bits per heavy atom. The third kappa shape index (κ3) is 4.43. The molecule has 0 saturated carbocycles. The second-order valence-electron chi connectivity index (χ2n) is 7.32. The van der Waals surface area contributed by atoms with Gasteiger partial charge < -0.3 is 15.0 Å². The van der Waals surface area contributed by atoms with E-state index in [0.717, 1.165) is 37.6 Å². The molecule has 136 valence electrons. The maximum Gasteiger partial charge on any atom is 0.123 e. The Morgan fingerprint density at radius 2 is 2.04 bits per heavy atom. The molecule has 2 aromatic rings. The Hall–Kier alpha value is -1.36. The fourth-order valence-corrected chi connectivity index (χ4v) is 3.98. The highest BCUT2D eigenvalue weighted by molar-refractivity contribution is 5.85. The zero-order valence-electron chi connectivity index (χ0n) is 14.9. The number of hydrogen-bond donors (Lipinski definition) is 1. The van der Waals surface area contributed by atoms with Crippen LogP contribution in [0.4, 0.5) is 0 Å².